The van der Waals surface area contributed by atoms with Crippen LogP contribution >= 0.6 is 0 Å². The van der Waals surface area contributed by atoms with Crippen LogP contribution in [0.1, 0.15) is 15.9 Å². The van der Waals surface area contributed by atoms with E-state index in [0.29, 0.717) is 16.9 Å². The minimum absolute atomic E-state index is 0.124. The van der Waals surface area contributed by atoms with Gasteiger partial charge in [0.05, 0.1) is 10.6 Å². The second kappa shape index (κ2) is 9.54. The van der Waals surface area contributed by atoms with Crippen molar-refractivity contribution in [2.45, 2.75) is 11.4 Å². The van der Waals surface area contributed by atoms with Gasteiger partial charge in [-0.15, -0.1) is 0 Å². The van der Waals surface area contributed by atoms with Crippen LogP contribution in [0, 0.1) is 0 Å². The molecule has 2 N–H and O–H groups in total. The number of pyridine rings is 1. The summed E-state index contributed by atoms with van der Waals surface area (Å²) in [6, 6.07) is 28.6. The molecule has 0 fully saturated rings. The van der Waals surface area contributed by atoms with Gasteiger partial charge in [-0.1, -0.05) is 60.7 Å². The van der Waals surface area contributed by atoms with Crippen LogP contribution < -0.4 is 10.0 Å². The molecule has 0 unspecified atom stereocenters. The van der Waals surface area contributed by atoms with Gasteiger partial charge >= 0.3 is 0 Å². The Morgan fingerprint density at radius 2 is 1.54 bits per heavy atom. The quantitative estimate of drug-likeness (QED) is 0.351. The van der Waals surface area contributed by atoms with Crippen molar-refractivity contribution in [1.82, 2.24) is 14.1 Å². The minimum atomic E-state index is -3.67. The number of fused-ring (bicyclic) bond motifs is 1. The van der Waals surface area contributed by atoms with Crippen LogP contribution in [-0.4, -0.2) is 23.7 Å². The zero-order valence-corrected chi connectivity index (χ0v) is 19.4. The number of rotatable bonds is 7. The molecule has 0 aliphatic carbocycles. The molecule has 1 amide bonds. The largest absolute Gasteiger partial charge is 0.322 e. The summed E-state index contributed by atoms with van der Waals surface area (Å²) >= 11 is 0. The van der Waals surface area contributed by atoms with Crippen molar-refractivity contribution < 1.29 is 13.2 Å². The number of carbonyl (C=O) groups excluding carboxylic acids is 1. The predicted molar refractivity (Wildman–Crippen MR) is 135 cm³/mol. The van der Waals surface area contributed by atoms with E-state index in [4.69, 9.17) is 0 Å². The average molecular weight is 483 g/mol. The third-order valence-corrected chi connectivity index (χ3v) is 6.94. The van der Waals surface area contributed by atoms with Crippen molar-refractivity contribution in [3.63, 3.8) is 0 Å². The van der Waals surface area contributed by atoms with Gasteiger partial charge < -0.3 is 9.72 Å². The summed E-state index contributed by atoms with van der Waals surface area (Å²) in [6.45, 7) is 0.198. The highest BCUT2D eigenvalue weighted by Crippen LogP contribution is 2.20. The molecule has 0 aliphatic heterocycles. The molecule has 2 heterocycles. The van der Waals surface area contributed by atoms with E-state index in [9.17, 15) is 13.2 Å². The van der Waals surface area contributed by atoms with E-state index in [-0.39, 0.29) is 17.3 Å². The number of imidazole rings is 1. The van der Waals surface area contributed by atoms with E-state index in [0.717, 1.165) is 16.8 Å². The molecule has 0 radical (unpaired) electrons. The van der Waals surface area contributed by atoms with Gasteiger partial charge in [0, 0.05) is 35.8 Å². The van der Waals surface area contributed by atoms with Crippen LogP contribution in [0.2, 0.25) is 0 Å². The molecule has 0 aliphatic rings. The SMILES string of the molecule is O=C(Nc1ccc(S(=O)(=O)NCc2ccccc2)cc1)c1ccn2cc(-c3ccccc3)nc2c1. The molecule has 0 bridgehead atoms. The molecule has 3 aromatic carbocycles. The minimum Gasteiger partial charge on any atom is -0.322 e. The van der Waals surface area contributed by atoms with Gasteiger partial charge in [0.2, 0.25) is 10.0 Å². The van der Waals surface area contributed by atoms with Gasteiger partial charge in [0.15, 0.2) is 0 Å². The normalized spacial score (nSPS) is 11.4. The molecular weight excluding hydrogens is 460 g/mol. The van der Waals surface area contributed by atoms with Gasteiger partial charge in [-0.3, -0.25) is 4.79 Å². The Labute approximate surface area is 203 Å². The standard InChI is InChI=1S/C27H22N4O3S/c32-27(22-15-16-31-19-25(30-26(31)17-22)21-9-5-2-6-10-21)29-23-11-13-24(14-12-23)35(33,34)28-18-20-7-3-1-4-8-20/h1-17,19,28H,18H2,(H,29,32). The summed E-state index contributed by atoms with van der Waals surface area (Å²) in [5, 5.41) is 2.81. The van der Waals surface area contributed by atoms with Crippen LogP contribution in [0.25, 0.3) is 16.9 Å². The molecule has 8 heteroatoms. The third-order valence-electron chi connectivity index (χ3n) is 5.52. The first-order valence-corrected chi connectivity index (χ1v) is 12.5. The smallest absolute Gasteiger partial charge is 0.255 e. The molecule has 174 valence electrons. The van der Waals surface area contributed by atoms with Crippen LogP contribution in [0.15, 0.2) is 114 Å². The van der Waals surface area contributed by atoms with E-state index in [1.54, 1.807) is 30.5 Å². The summed E-state index contributed by atoms with van der Waals surface area (Å²) in [5.41, 5.74) is 4.28. The number of carbonyl (C=O) groups is 1. The predicted octanol–water partition coefficient (Wildman–Crippen LogP) is 4.73. The maximum atomic E-state index is 12.8. The summed E-state index contributed by atoms with van der Waals surface area (Å²) in [4.78, 5) is 17.5. The Kier molecular flexibility index (Phi) is 6.13. The van der Waals surface area contributed by atoms with Crippen molar-refractivity contribution in [2.24, 2.45) is 0 Å². The molecule has 0 spiro atoms. The van der Waals surface area contributed by atoms with Gasteiger partial charge in [-0.25, -0.2) is 18.1 Å². The lowest BCUT2D eigenvalue weighted by molar-refractivity contribution is 0.102. The van der Waals surface area contributed by atoms with E-state index in [2.05, 4.69) is 15.0 Å². The van der Waals surface area contributed by atoms with Gasteiger partial charge in [0.1, 0.15) is 5.65 Å². The summed E-state index contributed by atoms with van der Waals surface area (Å²) in [7, 11) is -3.67. The maximum absolute atomic E-state index is 12.8. The topological polar surface area (TPSA) is 92.6 Å². The number of sulfonamides is 1. The molecule has 0 saturated carbocycles. The second-order valence-electron chi connectivity index (χ2n) is 7.96. The molecular formula is C27H22N4O3S. The Morgan fingerprint density at radius 3 is 2.26 bits per heavy atom. The van der Waals surface area contributed by atoms with Gasteiger partial charge in [0.25, 0.3) is 5.91 Å². The van der Waals surface area contributed by atoms with Crippen LogP contribution in [0.5, 0.6) is 0 Å². The lowest BCUT2D eigenvalue weighted by Gasteiger charge is -2.09. The molecule has 5 aromatic rings. The van der Waals surface area contributed by atoms with Crippen molar-refractivity contribution in [1.29, 1.82) is 0 Å². The van der Waals surface area contributed by atoms with Crippen molar-refractivity contribution in [2.75, 3.05) is 5.32 Å². The van der Waals surface area contributed by atoms with Crippen LogP contribution in [0.4, 0.5) is 5.69 Å². The maximum Gasteiger partial charge on any atom is 0.255 e. The van der Waals surface area contributed by atoms with Crippen LogP contribution in [0.3, 0.4) is 0 Å². The fourth-order valence-electron chi connectivity index (χ4n) is 3.65. The number of aromatic nitrogens is 2. The third kappa shape index (κ3) is 5.13. The highest BCUT2D eigenvalue weighted by Gasteiger charge is 2.15. The number of nitrogens with zero attached hydrogens (tertiary/aromatic N) is 2. The molecule has 5 rings (SSSR count). The lowest BCUT2D eigenvalue weighted by Crippen LogP contribution is -2.23. The number of nitrogens with one attached hydrogen (secondary N) is 2. The number of anilines is 1. The zero-order valence-electron chi connectivity index (χ0n) is 18.6. The molecule has 2 aromatic heterocycles. The lowest BCUT2D eigenvalue weighted by atomic mass is 10.2. The van der Waals surface area contributed by atoms with Crippen LogP contribution in [-0.2, 0) is 16.6 Å². The van der Waals surface area contributed by atoms with E-state index < -0.39 is 10.0 Å². The molecule has 0 atom stereocenters. The fraction of sp³-hybridized carbons (Fsp3) is 0.0370. The Bertz CT molecular complexity index is 1580. The Balaban J connectivity index is 1.27. The number of benzene rings is 3. The summed E-state index contributed by atoms with van der Waals surface area (Å²) in [6.07, 6.45) is 3.70. The first kappa shape index (κ1) is 22.5. The van der Waals surface area contributed by atoms with E-state index in [1.807, 2.05) is 71.3 Å². The summed E-state index contributed by atoms with van der Waals surface area (Å²) < 4.78 is 29.6. The Hall–Kier alpha value is -4.27. The monoisotopic (exact) mass is 482 g/mol. The zero-order chi connectivity index (χ0) is 24.3. The fourth-order valence-corrected chi connectivity index (χ4v) is 4.67. The average Bonchev–Trinajstić information content (AvgIpc) is 3.33. The molecule has 7 nitrogen and oxygen atoms in total. The number of hydrogen-bond acceptors (Lipinski definition) is 4. The van der Waals surface area contributed by atoms with Crippen molar-refractivity contribution in [3.05, 3.63) is 121 Å². The van der Waals surface area contributed by atoms with E-state index >= 15 is 0 Å². The van der Waals surface area contributed by atoms with E-state index in [1.165, 1.54) is 12.1 Å². The van der Waals surface area contributed by atoms with Crippen molar-refractivity contribution >= 4 is 27.3 Å². The van der Waals surface area contributed by atoms with Gasteiger partial charge in [-0.2, -0.15) is 0 Å². The summed E-state index contributed by atoms with van der Waals surface area (Å²) in [5.74, 6) is -0.311. The number of hydrogen-bond donors (Lipinski definition) is 2. The molecule has 35 heavy (non-hydrogen) atoms. The second-order valence-corrected chi connectivity index (χ2v) is 9.73. The number of amides is 1. The highest BCUT2D eigenvalue weighted by atomic mass is 32.2. The Morgan fingerprint density at radius 1 is 0.857 bits per heavy atom. The van der Waals surface area contributed by atoms with Crippen molar-refractivity contribution in [3.8, 4) is 11.3 Å². The van der Waals surface area contributed by atoms with Gasteiger partial charge in [-0.05, 0) is 42.0 Å². The molecule has 0 saturated heterocycles. The first-order chi connectivity index (χ1) is 17.0. The first-order valence-electron chi connectivity index (χ1n) is 11.0. The highest BCUT2D eigenvalue weighted by molar-refractivity contribution is 7.89.